The van der Waals surface area contributed by atoms with Crippen molar-refractivity contribution in [3.05, 3.63) is 33.9 Å². The molecule has 14 heteroatoms. The molecule has 0 spiro atoms. The highest BCUT2D eigenvalue weighted by Gasteiger charge is 2.33. The van der Waals surface area contributed by atoms with Crippen LogP contribution in [0.1, 0.15) is 29.2 Å². The first-order valence-electron chi connectivity index (χ1n) is 9.87. The minimum absolute atomic E-state index is 0. The van der Waals surface area contributed by atoms with Crippen molar-refractivity contribution in [2.75, 3.05) is 37.9 Å². The second-order valence-electron chi connectivity index (χ2n) is 7.83. The van der Waals surface area contributed by atoms with Gasteiger partial charge >= 0.3 is 16.1 Å². The standard InChI is InChI=1S/C19H22FN5O6S.H2O/c1-30-23-15-9-24(7-10(15)6-21)18-14(20)5-12-16(26)13(19(27)31-32(2,28)29)8-25(11-3-4-11)17(12)22-18;/h5,8,10-11H,3-4,6-7,9,21H2,1-2H3;1H2/b23-15+;. The number of carbonyl (C=O) groups excluding carboxylic acids is 1. The van der Waals surface area contributed by atoms with Crippen molar-refractivity contribution in [1.29, 1.82) is 0 Å². The fourth-order valence-corrected chi connectivity index (χ4v) is 4.14. The van der Waals surface area contributed by atoms with E-state index in [1.165, 1.54) is 13.3 Å². The number of anilines is 1. The van der Waals surface area contributed by atoms with E-state index in [1.54, 1.807) is 9.47 Å². The summed E-state index contributed by atoms with van der Waals surface area (Å²) in [6.07, 6.45) is 3.48. The summed E-state index contributed by atoms with van der Waals surface area (Å²) in [5, 5.41) is 3.83. The average Bonchev–Trinajstić information content (AvgIpc) is 3.47. The molecule has 1 saturated carbocycles. The predicted octanol–water partition coefficient (Wildman–Crippen LogP) is -0.440. The van der Waals surface area contributed by atoms with Crippen LogP contribution in [-0.2, 0) is 19.1 Å². The molecule has 0 aromatic carbocycles. The Labute approximate surface area is 188 Å². The lowest BCUT2D eigenvalue weighted by Gasteiger charge is -2.19. The molecule has 1 unspecified atom stereocenters. The van der Waals surface area contributed by atoms with E-state index in [9.17, 15) is 18.0 Å². The molecular weight excluding hydrogens is 461 g/mol. The number of aromatic nitrogens is 2. The molecule has 4 rings (SSSR count). The summed E-state index contributed by atoms with van der Waals surface area (Å²) < 4.78 is 43.7. The van der Waals surface area contributed by atoms with Crippen LogP contribution < -0.4 is 16.1 Å². The van der Waals surface area contributed by atoms with Gasteiger partial charge in [-0.2, -0.15) is 8.42 Å². The van der Waals surface area contributed by atoms with Crippen LogP contribution in [0.5, 0.6) is 0 Å². The molecule has 2 aromatic rings. The number of halogens is 1. The van der Waals surface area contributed by atoms with E-state index in [2.05, 4.69) is 14.3 Å². The summed E-state index contributed by atoms with van der Waals surface area (Å²) in [5.41, 5.74) is 5.30. The molecule has 1 aliphatic heterocycles. The van der Waals surface area contributed by atoms with Crippen molar-refractivity contribution in [2.45, 2.75) is 18.9 Å². The first-order chi connectivity index (χ1) is 15.1. The Bertz CT molecular complexity index is 1290. The third-order valence-electron chi connectivity index (χ3n) is 5.38. The lowest BCUT2D eigenvalue weighted by molar-refractivity contribution is 0.0746. The third-order valence-corrected chi connectivity index (χ3v) is 5.84. The molecule has 2 aromatic heterocycles. The minimum atomic E-state index is -4.13. The SMILES string of the molecule is CO/N=C1\CN(c2nc3c(cc2F)c(=O)c(C(=O)OS(C)(=O)=O)cn3C2CC2)CC1CN.O. The van der Waals surface area contributed by atoms with Crippen molar-refractivity contribution in [2.24, 2.45) is 16.8 Å². The molecule has 4 N–H and O–H groups in total. The number of rotatable bonds is 6. The van der Waals surface area contributed by atoms with Crippen molar-refractivity contribution >= 4 is 38.7 Å². The van der Waals surface area contributed by atoms with Crippen LogP contribution in [0, 0.1) is 11.7 Å². The molecule has 0 bridgehead atoms. The summed E-state index contributed by atoms with van der Waals surface area (Å²) >= 11 is 0. The highest BCUT2D eigenvalue weighted by atomic mass is 32.2. The van der Waals surface area contributed by atoms with E-state index in [4.69, 9.17) is 10.6 Å². The van der Waals surface area contributed by atoms with E-state index >= 15 is 4.39 Å². The Kier molecular flexibility index (Phi) is 6.72. The fraction of sp³-hybridized carbons (Fsp3) is 0.474. The van der Waals surface area contributed by atoms with Crippen LogP contribution in [0.25, 0.3) is 11.0 Å². The van der Waals surface area contributed by atoms with E-state index in [1.807, 2.05) is 0 Å². The Morgan fingerprint density at radius 1 is 1.39 bits per heavy atom. The number of carbonyl (C=O) groups is 1. The summed E-state index contributed by atoms with van der Waals surface area (Å²) in [7, 11) is -2.71. The number of fused-ring (bicyclic) bond motifs is 1. The molecule has 0 radical (unpaired) electrons. The number of pyridine rings is 2. The smallest absolute Gasteiger partial charge is 0.359 e. The number of nitrogens with two attached hydrogens (primary N) is 1. The second kappa shape index (κ2) is 9.03. The van der Waals surface area contributed by atoms with Crippen LogP contribution in [0.15, 0.2) is 22.2 Å². The fourth-order valence-electron chi connectivity index (χ4n) is 3.77. The van der Waals surface area contributed by atoms with Gasteiger partial charge in [0.05, 0.1) is 23.9 Å². The van der Waals surface area contributed by atoms with Crippen molar-refractivity contribution < 1.29 is 32.1 Å². The zero-order chi connectivity index (χ0) is 23.2. The molecule has 1 atom stereocenters. The number of hydrogen-bond donors (Lipinski definition) is 1. The van der Waals surface area contributed by atoms with Gasteiger partial charge in [-0.15, -0.1) is 0 Å². The number of nitrogens with zero attached hydrogens (tertiary/aromatic N) is 4. The van der Waals surface area contributed by atoms with Crippen molar-refractivity contribution in [3.63, 3.8) is 0 Å². The first-order valence-corrected chi connectivity index (χ1v) is 11.7. The topological polar surface area (TPSA) is 178 Å². The monoisotopic (exact) mass is 485 g/mol. The van der Waals surface area contributed by atoms with Crippen LogP contribution in [0.2, 0.25) is 0 Å². The maximum absolute atomic E-state index is 15.1. The van der Waals surface area contributed by atoms with Gasteiger partial charge in [-0.1, -0.05) is 5.16 Å². The number of oxime groups is 1. The highest BCUT2D eigenvalue weighted by molar-refractivity contribution is 7.86. The lowest BCUT2D eigenvalue weighted by atomic mass is 10.1. The molecule has 12 nitrogen and oxygen atoms in total. The average molecular weight is 485 g/mol. The van der Waals surface area contributed by atoms with Crippen molar-refractivity contribution in [3.8, 4) is 0 Å². The van der Waals surface area contributed by atoms with Crippen LogP contribution >= 0.6 is 0 Å². The summed E-state index contributed by atoms with van der Waals surface area (Å²) in [4.78, 5) is 36.1. The van der Waals surface area contributed by atoms with Gasteiger partial charge in [0.25, 0.3) is 0 Å². The minimum Gasteiger partial charge on any atom is -0.412 e. The quantitative estimate of drug-likeness (QED) is 0.419. The van der Waals surface area contributed by atoms with Crippen LogP contribution in [-0.4, -0.2) is 68.1 Å². The highest BCUT2D eigenvalue weighted by Crippen LogP contribution is 2.37. The molecule has 33 heavy (non-hydrogen) atoms. The summed E-state index contributed by atoms with van der Waals surface area (Å²) in [6, 6.07) is 0.966. The molecule has 2 fully saturated rings. The normalized spacial score (nSPS) is 19.6. The maximum Gasteiger partial charge on any atom is 0.359 e. The second-order valence-corrected chi connectivity index (χ2v) is 9.40. The summed E-state index contributed by atoms with van der Waals surface area (Å²) in [5.74, 6) is -2.19. The van der Waals surface area contributed by atoms with Gasteiger partial charge in [0.1, 0.15) is 18.3 Å². The van der Waals surface area contributed by atoms with Crippen molar-refractivity contribution in [1.82, 2.24) is 9.55 Å². The Morgan fingerprint density at radius 3 is 2.67 bits per heavy atom. The largest absolute Gasteiger partial charge is 0.412 e. The Balaban J connectivity index is 0.00000306. The van der Waals surface area contributed by atoms with Gasteiger partial charge in [0.2, 0.25) is 5.43 Å². The van der Waals surface area contributed by atoms with Gasteiger partial charge < -0.3 is 29.7 Å². The predicted molar refractivity (Wildman–Crippen MR) is 117 cm³/mol. The van der Waals surface area contributed by atoms with Gasteiger partial charge in [0, 0.05) is 31.2 Å². The molecule has 1 saturated heterocycles. The Morgan fingerprint density at radius 2 is 2.09 bits per heavy atom. The van der Waals surface area contributed by atoms with E-state index in [-0.39, 0.29) is 40.8 Å². The van der Waals surface area contributed by atoms with Crippen LogP contribution in [0.4, 0.5) is 10.2 Å². The molecule has 0 amide bonds. The molecule has 3 heterocycles. The van der Waals surface area contributed by atoms with E-state index in [0.717, 1.165) is 18.9 Å². The zero-order valence-corrected chi connectivity index (χ0v) is 18.8. The summed E-state index contributed by atoms with van der Waals surface area (Å²) in [6.45, 7) is 0.935. The van der Waals surface area contributed by atoms with E-state index < -0.39 is 32.9 Å². The van der Waals surface area contributed by atoms with Gasteiger partial charge in [-0.3, -0.25) is 4.79 Å². The first kappa shape index (κ1) is 24.5. The molecular formula is C19H24FN5O7S. The van der Waals surface area contributed by atoms with Crippen LogP contribution in [0.3, 0.4) is 0 Å². The molecule has 2 aliphatic rings. The van der Waals surface area contributed by atoms with E-state index in [0.29, 0.717) is 25.1 Å². The van der Waals surface area contributed by atoms with Gasteiger partial charge in [-0.05, 0) is 18.9 Å². The molecule has 180 valence electrons. The van der Waals surface area contributed by atoms with Gasteiger partial charge in [0.15, 0.2) is 11.6 Å². The maximum atomic E-state index is 15.1. The lowest BCUT2D eigenvalue weighted by Crippen LogP contribution is -2.26. The van der Waals surface area contributed by atoms with Gasteiger partial charge in [-0.25, -0.2) is 14.2 Å². The zero-order valence-electron chi connectivity index (χ0n) is 17.9. The molecule has 1 aliphatic carbocycles. The number of hydrogen-bond acceptors (Lipinski definition) is 10. The third kappa shape index (κ3) is 4.82. The Hall–Kier alpha value is -3.10.